The van der Waals surface area contributed by atoms with Crippen LogP contribution in [-0.4, -0.2) is 9.55 Å². The Morgan fingerprint density at radius 1 is 0.808 bits per heavy atom. The van der Waals surface area contributed by atoms with Gasteiger partial charge in [-0.15, -0.1) is 0 Å². The van der Waals surface area contributed by atoms with E-state index >= 15 is 0 Å². The number of hydrogen-bond acceptors (Lipinski definition) is 2. The second-order valence-electron chi connectivity index (χ2n) is 6.25. The molecular weight excluding hydrogens is 344 g/mol. The first-order valence-electron chi connectivity index (χ1n) is 8.43. The first-order chi connectivity index (χ1) is 12.8. The number of benzene rings is 3. The first-order valence-corrected chi connectivity index (χ1v) is 8.81. The maximum absolute atomic E-state index is 6.52. The fourth-order valence-corrected chi connectivity index (χ4v) is 3.85. The van der Waals surface area contributed by atoms with Crippen LogP contribution in [0.4, 0.5) is 0 Å². The minimum absolute atomic E-state index is 0.404. The van der Waals surface area contributed by atoms with Gasteiger partial charge in [0.05, 0.1) is 0 Å². The van der Waals surface area contributed by atoms with Crippen molar-refractivity contribution in [3.63, 3.8) is 0 Å². The van der Waals surface area contributed by atoms with Crippen molar-refractivity contribution in [3.8, 4) is 11.5 Å². The van der Waals surface area contributed by atoms with Gasteiger partial charge < -0.3 is 9.30 Å². The molecule has 2 heterocycles. The third-order valence-corrected chi connectivity index (χ3v) is 5.12. The fourth-order valence-electron chi connectivity index (χ4n) is 3.58. The van der Waals surface area contributed by atoms with Crippen LogP contribution in [0.25, 0.3) is 0 Å². The lowest BCUT2D eigenvalue weighted by molar-refractivity contribution is 0.482. The largest absolute Gasteiger partial charge is 0.457 e. The zero-order valence-electron chi connectivity index (χ0n) is 13.8. The average molecular weight is 359 g/mol. The Balaban J connectivity index is 1.53. The van der Waals surface area contributed by atoms with Crippen LogP contribution in [0, 0.1) is 0 Å². The number of ether oxygens (including phenoxy) is 1. The molecule has 1 aromatic heterocycles. The van der Waals surface area contributed by atoms with E-state index in [2.05, 4.69) is 27.8 Å². The van der Waals surface area contributed by atoms with Crippen LogP contribution in [0.5, 0.6) is 11.5 Å². The van der Waals surface area contributed by atoms with Gasteiger partial charge in [-0.05, 0) is 35.9 Å². The molecule has 0 saturated carbocycles. The Morgan fingerprint density at radius 3 is 2.19 bits per heavy atom. The summed E-state index contributed by atoms with van der Waals surface area (Å²) in [4.78, 5) is 4.52. The molecule has 3 nitrogen and oxygen atoms in total. The van der Waals surface area contributed by atoms with Crippen molar-refractivity contribution in [1.82, 2.24) is 9.55 Å². The third kappa shape index (κ3) is 2.18. The maximum Gasteiger partial charge on any atom is 0.156 e. The van der Waals surface area contributed by atoms with E-state index in [1.54, 1.807) is 0 Å². The van der Waals surface area contributed by atoms with Gasteiger partial charge in [-0.25, -0.2) is 4.98 Å². The summed E-state index contributed by atoms with van der Waals surface area (Å²) in [5.74, 6) is 2.62. The minimum Gasteiger partial charge on any atom is -0.457 e. The Bertz CT molecular complexity index is 1050. The highest BCUT2D eigenvalue weighted by Gasteiger charge is 2.55. The summed E-state index contributed by atoms with van der Waals surface area (Å²) < 4.78 is 8.06. The molecule has 4 heteroatoms. The summed E-state index contributed by atoms with van der Waals surface area (Å²) in [6.07, 6.45) is 3.81. The van der Waals surface area contributed by atoms with Crippen LogP contribution in [0.3, 0.4) is 0 Å². The highest BCUT2D eigenvalue weighted by atomic mass is 35.5. The van der Waals surface area contributed by atoms with Crippen molar-refractivity contribution in [3.05, 3.63) is 113 Å². The number of fused-ring (bicyclic) bond motifs is 1. The molecule has 0 fully saturated rings. The second-order valence-corrected chi connectivity index (χ2v) is 6.66. The molecule has 1 aliphatic heterocycles. The summed E-state index contributed by atoms with van der Waals surface area (Å²) in [5, 5.41) is 0.739. The van der Waals surface area contributed by atoms with Crippen LogP contribution >= 0.6 is 11.6 Å². The highest BCUT2D eigenvalue weighted by molar-refractivity contribution is 6.31. The molecule has 0 N–H and O–H groups in total. The molecule has 0 aliphatic carbocycles. The van der Waals surface area contributed by atoms with E-state index in [-0.39, 0.29) is 0 Å². The van der Waals surface area contributed by atoms with Gasteiger partial charge in [0, 0.05) is 23.0 Å². The average Bonchev–Trinajstić information content (AvgIpc) is 3.04. The molecule has 4 aromatic rings. The Morgan fingerprint density at radius 2 is 1.50 bits per heavy atom. The first kappa shape index (κ1) is 15.2. The molecule has 1 aliphatic rings. The van der Waals surface area contributed by atoms with Gasteiger partial charge in [-0.3, -0.25) is 0 Å². The summed E-state index contributed by atoms with van der Waals surface area (Å²) in [6.45, 7) is 0. The monoisotopic (exact) mass is 358 g/mol. The molecule has 126 valence electrons. The quantitative estimate of drug-likeness (QED) is 0.425. The number of nitrogens with zero attached hydrogens (tertiary/aromatic N) is 2. The summed E-state index contributed by atoms with van der Waals surface area (Å²) in [5.41, 5.74) is 1.76. The summed E-state index contributed by atoms with van der Waals surface area (Å²) in [6, 6.07) is 25.8. The summed E-state index contributed by atoms with van der Waals surface area (Å²) in [7, 11) is 0. The number of rotatable bonds is 4. The Hall–Kier alpha value is -3.04. The Labute approximate surface area is 156 Å². The zero-order valence-corrected chi connectivity index (χ0v) is 14.6. The van der Waals surface area contributed by atoms with E-state index in [9.17, 15) is 0 Å². The van der Waals surface area contributed by atoms with Gasteiger partial charge in [0.1, 0.15) is 17.3 Å². The number of halogens is 1. The molecule has 5 rings (SSSR count). The maximum atomic E-state index is 6.52. The normalized spacial score (nSPS) is 17.6. The van der Waals surface area contributed by atoms with Crippen molar-refractivity contribution in [1.29, 1.82) is 0 Å². The van der Waals surface area contributed by atoms with Crippen molar-refractivity contribution < 1.29 is 4.74 Å². The fraction of sp³-hybridized carbons (Fsp3) is 0.0455. The lowest BCUT2D eigenvalue weighted by Gasteiger charge is -2.19. The predicted octanol–water partition coefficient (Wildman–Crippen LogP) is 5.48. The molecule has 0 spiro atoms. The molecule has 0 amide bonds. The zero-order chi connectivity index (χ0) is 17.6. The number of aromatic nitrogens is 2. The van der Waals surface area contributed by atoms with Gasteiger partial charge >= 0.3 is 0 Å². The molecule has 0 radical (unpaired) electrons. The SMILES string of the molecule is Clc1ccccc1C1(c2ccc(Oc3ccccc3)cc2)c2nccn21. The summed E-state index contributed by atoms with van der Waals surface area (Å²) >= 11 is 6.52. The van der Waals surface area contributed by atoms with E-state index in [1.807, 2.05) is 73.1 Å². The van der Waals surface area contributed by atoms with Crippen molar-refractivity contribution >= 4 is 11.6 Å². The van der Waals surface area contributed by atoms with Gasteiger partial charge in [-0.1, -0.05) is 60.1 Å². The van der Waals surface area contributed by atoms with Crippen molar-refractivity contribution in [2.24, 2.45) is 0 Å². The minimum atomic E-state index is -0.404. The smallest absolute Gasteiger partial charge is 0.156 e. The molecule has 1 atom stereocenters. The van der Waals surface area contributed by atoms with Crippen molar-refractivity contribution in [2.75, 3.05) is 0 Å². The Kier molecular flexibility index (Phi) is 3.37. The highest BCUT2D eigenvalue weighted by Crippen LogP contribution is 2.53. The molecule has 3 aromatic carbocycles. The van der Waals surface area contributed by atoms with Gasteiger partial charge in [-0.2, -0.15) is 0 Å². The molecule has 1 unspecified atom stereocenters. The lowest BCUT2D eigenvalue weighted by Crippen LogP contribution is -2.17. The van der Waals surface area contributed by atoms with Gasteiger partial charge in [0.2, 0.25) is 0 Å². The van der Waals surface area contributed by atoms with E-state index in [0.29, 0.717) is 0 Å². The standard InChI is InChI=1S/C22H15ClN2O/c23-20-9-5-4-8-19(20)22(21-24-14-15-25(21)22)16-10-12-18(13-11-16)26-17-6-2-1-3-7-17/h1-15H. The van der Waals surface area contributed by atoms with Crippen LogP contribution in [0.15, 0.2) is 91.3 Å². The number of para-hydroxylation sites is 1. The number of imidazole rings is 1. The van der Waals surface area contributed by atoms with Gasteiger partial charge in [0.15, 0.2) is 5.54 Å². The van der Waals surface area contributed by atoms with Crippen LogP contribution < -0.4 is 4.74 Å². The molecular formula is C22H15ClN2O. The van der Waals surface area contributed by atoms with E-state index < -0.39 is 5.54 Å². The van der Waals surface area contributed by atoms with E-state index in [4.69, 9.17) is 16.3 Å². The second kappa shape index (κ2) is 5.75. The van der Waals surface area contributed by atoms with E-state index in [1.165, 1.54) is 0 Å². The van der Waals surface area contributed by atoms with E-state index in [0.717, 1.165) is 33.5 Å². The van der Waals surface area contributed by atoms with Crippen molar-refractivity contribution in [2.45, 2.75) is 5.54 Å². The van der Waals surface area contributed by atoms with Gasteiger partial charge in [0.25, 0.3) is 0 Å². The van der Waals surface area contributed by atoms with Crippen LogP contribution in [0.1, 0.15) is 17.0 Å². The topological polar surface area (TPSA) is 27.1 Å². The lowest BCUT2D eigenvalue weighted by atomic mass is 9.89. The molecule has 0 saturated heterocycles. The number of hydrogen-bond donors (Lipinski definition) is 0. The third-order valence-electron chi connectivity index (χ3n) is 4.79. The van der Waals surface area contributed by atoms with Crippen LogP contribution in [0.2, 0.25) is 5.02 Å². The van der Waals surface area contributed by atoms with Crippen LogP contribution in [-0.2, 0) is 5.54 Å². The molecule has 26 heavy (non-hydrogen) atoms. The molecule has 0 bridgehead atoms. The predicted molar refractivity (Wildman–Crippen MR) is 102 cm³/mol.